The smallest absolute Gasteiger partial charge is 0.242 e. The second kappa shape index (κ2) is 18.3. The molecule has 1 heterocycles. The third-order valence-electron chi connectivity index (χ3n) is 8.69. The molecule has 0 spiro atoms. The molecule has 1 rings (SSSR count). The van der Waals surface area contributed by atoms with Gasteiger partial charge in [0.1, 0.15) is 5.78 Å². The first-order valence-corrected chi connectivity index (χ1v) is 15.4. The highest BCUT2D eigenvalue weighted by atomic mass is 16.5. The van der Waals surface area contributed by atoms with Gasteiger partial charge in [-0.1, -0.05) is 41.0 Å². The third-order valence-corrected chi connectivity index (χ3v) is 8.69. The lowest BCUT2D eigenvalue weighted by atomic mass is 9.90. The molecule has 1 aliphatic rings. The van der Waals surface area contributed by atoms with Gasteiger partial charge in [0.2, 0.25) is 23.6 Å². The van der Waals surface area contributed by atoms with Crippen molar-refractivity contribution in [2.45, 2.75) is 97.6 Å². The summed E-state index contributed by atoms with van der Waals surface area (Å²) in [6.45, 7) is 11.4. The zero-order valence-electron chi connectivity index (χ0n) is 28.3. The molecule has 0 saturated carbocycles. The van der Waals surface area contributed by atoms with Crippen LogP contribution in [-0.2, 0) is 33.4 Å². The zero-order chi connectivity index (χ0) is 33.0. The molecule has 0 aromatic rings. The van der Waals surface area contributed by atoms with Gasteiger partial charge in [-0.3, -0.25) is 28.9 Å². The lowest BCUT2D eigenvalue weighted by Crippen LogP contribution is -2.55. The van der Waals surface area contributed by atoms with Crippen LogP contribution in [0.5, 0.6) is 0 Å². The van der Waals surface area contributed by atoms with Gasteiger partial charge in [-0.25, -0.2) is 0 Å². The van der Waals surface area contributed by atoms with Crippen LogP contribution in [-0.4, -0.2) is 129 Å². The Balaban J connectivity index is 3.06. The summed E-state index contributed by atoms with van der Waals surface area (Å²) in [5.41, 5.74) is 0. The number of nitrogens with zero attached hydrogens (tertiary/aromatic N) is 3. The molecule has 43 heavy (non-hydrogen) atoms. The Morgan fingerprint density at radius 2 is 1.53 bits per heavy atom. The summed E-state index contributed by atoms with van der Waals surface area (Å²) in [6.07, 6.45) is 1.12. The maximum absolute atomic E-state index is 13.8. The number of hydrogen-bond acceptors (Lipinski definition) is 8. The summed E-state index contributed by atoms with van der Waals surface area (Å²) in [6, 6.07) is -1.08. The van der Waals surface area contributed by atoms with Gasteiger partial charge >= 0.3 is 0 Å². The van der Waals surface area contributed by atoms with E-state index in [-0.39, 0.29) is 72.8 Å². The summed E-state index contributed by atoms with van der Waals surface area (Å²) < 4.78 is 11.6. The van der Waals surface area contributed by atoms with Crippen LogP contribution in [0.2, 0.25) is 0 Å². The van der Waals surface area contributed by atoms with Crippen LogP contribution < -0.4 is 10.6 Å². The SMILES string of the molecule is CCC(C)C(C(CC(=O)N1CCCC1C(OC)C(C)C(=O)NCC(C)=O)OC)N(C)C(=O)CNC(=O)C(C(C)C)N(C)C. The van der Waals surface area contributed by atoms with E-state index < -0.39 is 24.2 Å². The first kappa shape index (κ1) is 38.5. The highest BCUT2D eigenvalue weighted by Crippen LogP contribution is 2.29. The molecule has 0 radical (unpaired) electrons. The average molecular weight is 612 g/mol. The third kappa shape index (κ3) is 10.8. The van der Waals surface area contributed by atoms with Crippen LogP contribution in [0.3, 0.4) is 0 Å². The normalized spacial score (nSPS) is 19.4. The van der Waals surface area contributed by atoms with Crippen molar-refractivity contribution in [3.63, 3.8) is 0 Å². The van der Waals surface area contributed by atoms with E-state index in [1.165, 1.54) is 14.0 Å². The molecule has 1 fully saturated rings. The van der Waals surface area contributed by atoms with Gasteiger partial charge < -0.3 is 29.9 Å². The Kier molecular flexibility index (Phi) is 16.4. The summed E-state index contributed by atoms with van der Waals surface area (Å²) >= 11 is 0. The van der Waals surface area contributed by atoms with Crippen LogP contribution in [0, 0.1) is 17.8 Å². The molecule has 12 nitrogen and oxygen atoms in total. The van der Waals surface area contributed by atoms with Crippen LogP contribution >= 0.6 is 0 Å². The summed E-state index contributed by atoms with van der Waals surface area (Å²) in [4.78, 5) is 69.1. The number of likely N-dealkylation sites (N-methyl/N-ethyl adjacent to an activating group) is 2. The fourth-order valence-corrected chi connectivity index (χ4v) is 6.22. The number of ketones is 1. The minimum Gasteiger partial charge on any atom is -0.379 e. The predicted octanol–water partition coefficient (Wildman–Crippen LogP) is 1.31. The lowest BCUT2D eigenvalue weighted by molar-refractivity contribution is -0.146. The Morgan fingerprint density at radius 1 is 0.930 bits per heavy atom. The predicted molar refractivity (Wildman–Crippen MR) is 165 cm³/mol. The lowest BCUT2D eigenvalue weighted by Gasteiger charge is -2.39. The highest BCUT2D eigenvalue weighted by Gasteiger charge is 2.42. The van der Waals surface area contributed by atoms with Gasteiger partial charge in [0.15, 0.2) is 0 Å². The van der Waals surface area contributed by atoms with E-state index in [9.17, 15) is 24.0 Å². The molecule has 12 heteroatoms. The van der Waals surface area contributed by atoms with Gasteiger partial charge in [0.05, 0.1) is 55.8 Å². The van der Waals surface area contributed by atoms with Crippen molar-refractivity contribution in [2.75, 3.05) is 55.0 Å². The fourth-order valence-electron chi connectivity index (χ4n) is 6.22. The number of carbonyl (C=O) groups is 5. The van der Waals surface area contributed by atoms with E-state index in [4.69, 9.17) is 9.47 Å². The number of Topliss-reactive ketones (excluding diaryl/α,β-unsaturated/α-hetero) is 1. The number of amides is 4. The average Bonchev–Trinajstić information content (AvgIpc) is 3.43. The van der Waals surface area contributed by atoms with Crippen molar-refractivity contribution < 1.29 is 33.4 Å². The number of hydrogen-bond donors (Lipinski definition) is 2. The Hall–Kier alpha value is -2.57. The van der Waals surface area contributed by atoms with Gasteiger partial charge in [0.25, 0.3) is 0 Å². The van der Waals surface area contributed by atoms with Crippen LogP contribution in [0.4, 0.5) is 0 Å². The number of nitrogens with one attached hydrogen (secondary N) is 2. The van der Waals surface area contributed by atoms with E-state index in [1.807, 2.05) is 46.7 Å². The van der Waals surface area contributed by atoms with Gasteiger partial charge in [0, 0.05) is 27.8 Å². The van der Waals surface area contributed by atoms with Gasteiger partial charge in [-0.15, -0.1) is 0 Å². The Morgan fingerprint density at radius 3 is 2.02 bits per heavy atom. The first-order chi connectivity index (χ1) is 20.1. The van der Waals surface area contributed by atoms with Crippen molar-refractivity contribution in [1.29, 1.82) is 0 Å². The minimum absolute atomic E-state index is 0.0127. The van der Waals surface area contributed by atoms with E-state index in [1.54, 1.807) is 30.9 Å². The topological polar surface area (TPSA) is 138 Å². The molecular weight excluding hydrogens is 554 g/mol. The Labute approximate surface area is 258 Å². The zero-order valence-corrected chi connectivity index (χ0v) is 28.3. The molecule has 248 valence electrons. The van der Waals surface area contributed by atoms with E-state index in [0.717, 1.165) is 12.8 Å². The Bertz CT molecular complexity index is 935. The molecular formula is C31H57N5O7. The van der Waals surface area contributed by atoms with Crippen LogP contribution in [0.15, 0.2) is 0 Å². The van der Waals surface area contributed by atoms with Crippen LogP contribution in [0.1, 0.15) is 67.2 Å². The second-order valence-electron chi connectivity index (χ2n) is 12.4. The number of ether oxygens (including phenoxy) is 2. The number of methoxy groups -OCH3 is 2. The number of carbonyl (C=O) groups excluding carboxylic acids is 5. The largest absolute Gasteiger partial charge is 0.379 e. The van der Waals surface area contributed by atoms with Gasteiger partial charge in [-0.2, -0.15) is 0 Å². The number of rotatable bonds is 18. The number of likely N-dealkylation sites (tertiary alicyclic amines) is 1. The molecule has 0 aromatic carbocycles. The standard InChI is InChI=1S/C31H57N5O7/c1-12-20(4)28(35(9)26(39)18-33-31(41)27(19(2)3)34(7)8)24(42-10)16-25(38)36-15-13-14-23(36)29(43-11)22(6)30(40)32-17-21(5)37/h19-20,22-24,27-29H,12-18H2,1-11H3,(H,32,40)(H,33,41). The molecule has 4 amide bonds. The van der Waals surface area contributed by atoms with E-state index in [0.29, 0.717) is 13.0 Å². The highest BCUT2D eigenvalue weighted by molar-refractivity contribution is 5.88. The summed E-state index contributed by atoms with van der Waals surface area (Å²) in [5.74, 6) is -1.55. The molecule has 7 atom stereocenters. The summed E-state index contributed by atoms with van der Waals surface area (Å²) in [5, 5.41) is 5.43. The minimum atomic E-state index is -0.587. The molecule has 1 aliphatic heterocycles. The molecule has 1 saturated heterocycles. The van der Waals surface area contributed by atoms with Crippen molar-refractivity contribution >= 4 is 29.4 Å². The van der Waals surface area contributed by atoms with Crippen molar-refractivity contribution in [1.82, 2.24) is 25.3 Å². The van der Waals surface area contributed by atoms with Crippen molar-refractivity contribution in [2.24, 2.45) is 17.8 Å². The van der Waals surface area contributed by atoms with Gasteiger partial charge in [-0.05, 0) is 45.7 Å². The second-order valence-corrected chi connectivity index (χ2v) is 12.4. The quantitative estimate of drug-likeness (QED) is 0.237. The summed E-state index contributed by atoms with van der Waals surface area (Å²) in [7, 11) is 8.42. The molecule has 2 N–H and O–H groups in total. The maximum Gasteiger partial charge on any atom is 0.242 e. The van der Waals surface area contributed by atoms with Crippen molar-refractivity contribution in [3.8, 4) is 0 Å². The maximum atomic E-state index is 13.8. The van der Waals surface area contributed by atoms with E-state index >= 15 is 0 Å². The van der Waals surface area contributed by atoms with E-state index in [2.05, 4.69) is 10.6 Å². The first-order valence-electron chi connectivity index (χ1n) is 15.4. The molecule has 0 aliphatic carbocycles. The molecule has 7 unspecified atom stereocenters. The monoisotopic (exact) mass is 611 g/mol. The van der Waals surface area contributed by atoms with Crippen LogP contribution in [0.25, 0.3) is 0 Å². The van der Waals surface area contributed by atoms with Crippen molar-refractivity contribution in [3.05, 3.63) is 0 Å². The molecule has 0 aromatic heterocycles. The molecule has 0 bridgehead atoms. The fraction of sp³-hybridized carbons (Fsp3) is 0.839.